The van der Waals surface area contributed by atoms with Gasteiger partial charge in [0, 0.05) is 12.1 Å². The zero-order chi connectivity index (χ0) is 25.9. The predicted molar refractivity (Wildman–Crippen MR) is 137 cm³/mol. The maximum absolute atomic E-state index is 12.2. The topological polar surface area (TPSA) is 103 Å². The van der Waals surface area contributed by atoms with Crippen molar-refractivity contribution in [3.8, 4) is 17.2 Å². The van der Waals surface area contributed by atoms with Crippen molar-refractivity contribution < 1.29 is 28.6 Å². The Bertz CT molecular complexity index is 1210. The van der Waals surface area contributed by atoms with Gasteiger partial charge in [-0.15, -0.1) is 0 Å². The van der Waals surface area contributed by atoms with Gasteiger partial charge in [0.1, 0.15) is 17.2 Å². The summed E-state index contributed by atoms with van der Waals surface area (Å²) in [5.74, 6) is 0.423. The maximum atomic E-state index is 12.2. The lowest BCUT2D eigenvalue weighted by Crippen LogP contribution is -2.22. The third-order valence-electron chi connectivity index (χ3n) is 5.23. The molecule has 2 N–H and O–H groups in total. The summed E-state index contributed by atoms with van der Waals surface area (Å²) in [5.41, 5.74) is 3.40. The Morgan fingerprint density at radius 2 is 1.50 bits per heavy atom. The van der Waals surface area contributed by atoms with Gasteiger partial charge in [-0.1, -0.05) is 18.2 Å². The first kappa shape index (κ1) is 26.3. The molecular weight excluding hydrogens is 460 g/mol. The van der Waals surface area contributed by atoms with E-state index in [1.807, 2.05) is 39.0 Å². The minimum atomic E-state index is -0.643. The van der Waals surface area contributed by atoms with E-state index in [0.717, 1.165) is 11.3 Å². The van der Waals surface area contributed by atoms with Crippen LogP contribution in [0.15, 0.2) is 66.7 Å². The summed E-state index contributed by atoms with van der Waals surface area (Å²) in [4.78, 5) is 36.3. The molecule has 0 atom stereocenters. The van der Waals surface area contributed by atoms with Crippen LogP contribution in [0.5, 0.6) is 17.2 Å². The molecule has 0 saturated carbocycles. The molecule has 0 heterocycles. The van der Waals surface area contributed by atoms with Crippen LogP contribution in [0.3, 0.4) is 0 Å². The van der Waals surface area contributed by atoms with E-state index in [4.69, 9.17) is 14.2 Å². The highest BCUT2D eigenvalue weighted by Crippen LogP contribution is 2.25. The lowest BCUT2D eigenvalue weighted by atomic mass is 10.1. The molecule has 0 fully saturated rings. The highest BCUT2D eigenvalue weighted by atomic mass is 16.5. The summed E-state index contributed by atoms with van der Waals surface area (Å²) < 4.78 is 16.3. The van der Waals surface area contributed by atoms with Gasteiger partial charge in [-0.2, -0.15) is 0 Å². The zero-order valence-electron chi connectivity index (χ0n) is 20.6. The van der Waals surface area contributed by atoms with Gasteiger partial charge >= 0.3 is 5.97 Å². The van der Waals surface area contributed by atoms with Gasteiger partial charge in [0.2, 0.25) is 5.91 Å². The van der Waals surface area contributed by atoms with E-state index >= 15 is 0 Å². The van der Waals surface area contributed by atoms with Crippen LogP contribution in [0.4, 0.5) is 11.4 Å². The van der Waals surface area contributed by atoms with Crippen molar-refractivity contribution in [2.45, 2.75) is 33.6 Å². The Morgan fingerprint density at radius 1 is 0.778 bits per heavy atom. The Balaban J connectivity index is 1.38. The summed E-state index contributed by atoms with van der Waals surface area (Å²) in [7, 11) is 0. The van der Waals surface area contributed by atoms with E-state index in [2.05, 4.69) is 10.6 Å². The van der Waals surface area contributed by atoms with Gasteiger partial charge in [-0.25, -0.2) is 0 Å². The molecule has 8 heteroatoms. The Kier molecular flexibility index (Phi) is 9.45. The van der Waals surface area contributed by atoms with Crippen molar-refractivity contribution in [2.75, 3.05) is 23.8 Å². The summed E-state index contributed by atoms with van der Waals surface area (Å²) >= 11 is 0. The van der Waals surface area contributed by atoms with Gasteiger partial charge in [0.05, 0.1) is 18.7 Å². The zero-order valence-corrected chi connectivity index (χ0v) is 20.6. The molecule has 3 aromatic rings. The first-order valence-electron chi connectivity index (χ1n) is 11.7. The number of carbonyl (C=O) groups excluding carboxylic acids is 3. The van der Waals surface area contributed by atoms with E-state index in [-0.39, 0.29) is 18.7 Å². The van der Waals surface area contributed by atoms with Gasteiger partial charge < -0.3 is 24.8 Å². The number of hydrogen-bond acceptors (Lipinski definition) is 6. The number of hydrogen-bond donors (Lipinski definition) is 2. The van der Waals surface area contributed by atoms with E-state index < -0.39 is 18.5 Å². The Labute approximate surface area is 210 Å². The smallest absolute Gasteiger partial charge is 0.306 e. The molecule has 3 aromatic carbocycles. The molecule has 36 heavy (non-hydrogen) atoms. The molecule has 0 spiro atoms. The lowest BCUT2D eigenvalue weighted by molar-refractivity contribution is -0.147. The summed E-state index contributed by atoms with van der Waals surface area (Å²) in [6, 6.07) is 19.8. The highest BCUT2D eigenvalue weighted by Gasteiger charge is 2.12. The van der Waals surface area contributed by atoms with E-state index in [9.17, 15) is 14.4 Å². The van der Waals surface area contributed by atoms with Crippen molar-refractivity contribution in [2.24, 2.45) is 0 Å². The first-order chi connectivity index (χ1) is 17.3. The molecule has 0 aliphatic carbocycles. The number of benzene rings is 3. The second kappa shape index (κ2) is 12.9. The lowest BCUT2D eigenvalue weighted by Gasteiger charge is -2.11. The average Bonchev–Trinajstić information content (AvgIpc) is 2.86. The van der Waals surface area contributed by atoms with Crippen LogP contribution in [0.2, 0.25) is 0 Å². The molecule has 0 radical (unpaired) electrons. The molecule has 8 nitrogen and oxygen atoms in total. The van der Waals surface area contributed by atoms with Crippen molar-refractivity contribution in [1.29, 1.82) is 0 Å². The number of esters is 1. The minimum absolute atomic E-state index is 0.0749. The van der Waals surface area contributed by atoms with Crippen LogP contribution >= 0.6 is 0 Å². The van der Waals surface area contributed by atoms with Crippen LogP contribution in [-0.4, -0.2) is 31.0 Å². The Hall–Kier alpha value is -4.33. The molecule has 188 valence electrons. The van der Waals surface area contributed by atoms with Gasteiger partial charge in [-0.3, -0.25) is 14.4 Å². The number of amides is 2. The molecule has 0 aliphatic rings. The predicted octanol–water partition coefficient (Wildman–Crippen LogP) is 5.40. The van der Waals surface area contributed by atoms with Crippen molar-refractivity contribution in [3.05, 3.63) is 77.9 Å². The largest absolute Gasteiger partial charge is 0.492 e. The van der Waals surface area contributed by atoms with Gasteiger partial charge in [0.25, 0.3) is 5.91 Å². The van der Waals surface area contributed by atoms with Gasteiger partial charge in [0.15, 0.2) is 6.61 Å². The fourth-order valence-corrected chi connectivity index (χ4v) is 3.21. The van der Waals surface area contributed by atoms with Crippen molar-refractivity contribution in [3.63, 3.8) is 0 Å². The van der Waals surface area contributed by atoms with Crippen LogP contribution < -0.4 is 20.1 Å². The van der Waals surface area contributed by atoms with Gasteiger partial charge in [-0.05, 0) is 80.4 Å². The molecule has 0 aromatic heterocycles. The molecule has 3 rings (SSSR count). The molecule has 0 unspecified atom stereocenters. The van der Waals surface area contributed by atoms with E-state index in [1.54, 1.807) is 48.5 Å². The highest BCUT2D eigenvalue weighted by molar-refractivity contribution is 5.95. The van der Waals surface area contributed by atoms with Crippen LogP contribution in [0.1, 0.15) is 30.9 Å². The molecule has 2 amide bonds. The minimum Gasteiger partial charge on any atom is -0.492 e. The molecule has 0 aliphatic heterocycles. The quantitative estimate of drug-likeness (QED) is 0.349. The third kappa shape index (κ3) is 8.16. The number of aryl methyl sites for hydroxylation is 2. The molecule has 0 saturated heterocycles. The summed E-state index contributed by atoms with van der Waals surface area (Å²) in [5, 5.41) is 5.37. The van der Waals surface area contributed by atoms with Crippen LogP contribution in [0, 0.1) is 13.8 Å². The monoisotopic (exact) mass is 490 g/mol. The van der Waals surface area contributed by atoms with Crippen LogP contribution in [-0.2, 0) is 19.1 Å². The molecule has 0 bridgehead atoms. The molecular formula is C28H30N2O6. The standard InChI is InChI=1S/C28H30N2O6/c1-4-34-25-8-6-5-7-24(25)30-27(32)18-35-28(33)16-15-26(31)29-21-10-13-22(14-11-21)36-23-12-9-19(2)20(3)17-23/h5-14,17H,4,15-16,18H2,1-3H3,(H,29,31)(H,30,32). The van der Waals surface area contributed by atoms with Crippen LogP contribution in [0.25, 0.3) is 0 Å². The van der Waals surface area contributed by atoms with E-state index in [0.29, 0.717) is 29.5 Å². The first-order valence-corrected chi connectivity index (χ1v) is 11.7. The third-order valence-corrected chi connectivity index (χ3v) is 5.23. The SMILES string of the molecule is CCOc1ccccc1NC(=O)COC(=O)CCC(=O)Nc1ccc(Oc2ccc(C)c(C)c2)cc1. The number of rotatable bonds is 11. The fourth-order valence-electron chi connectivity index (χ4n) is 3.21. The van der Waals surface area contributed by atoms with Crippen molar-refractivity contribution >= 4 is 29.2 Å². The maximum Gasteiger partial charge on any atom is 0.306 e. The normalized spacial score (nSPS) is 10.3. The van der Waals surface area contributed by atoms with Crippen molar-refractivity contribution in [1.82, 2.24) is 0 Å². The number of anilines is 2. The Morgan fingerprint density at radius 3 is 2.22 bits per heavy atom. The number of para-hydroxylation sites is 2. The fraction of sp³-hybridized carbons (Fsp3) is 0.250. The average molecular weight is 491 g/mol. The second-order valence-electron chi connectivity index (χ2n) is 8.06. The summed E-state index contributed by atoms with van der Waals surface area (Å²) in [6.07, 6.45) is -0.225. The van der Waals surface area contributed by atoms with E-state index in [1.165, 1.54) is 5.56 Å². The second-order valence-corrected chi connectivity index (χ2v) is 8.06. The number of ether oxygens (including phenoxy) is 3. The number of nitrogens with one attached hydrogen (secondary N) is 2. The summed E-state index contributed by atoms with van der Waals surface area (Å²) in [6.45, 7) is 5.90. The number of carbonyl (C=O) groups is 3.